The highest BCUT2D eigenvalue weighted by molar-refractivity contribution is 9.10. The highest BCUT2D eigenvalue weighted by Crippen LogP contribution is 2.21. The van der Waals surface area contributed by atoms with Crippen molar-refractivity contribution < 1.29 is 0 Å². The van der Waals surface area contributed by atoms with Crippen molar-refractivity contribution in [3.8, 4) is 0 Å². The van der Waals surface area contributed by atoms with Crippen LogP contribution in [0, 0.1) is 0 Å². The van der Waals surface area contributed by atoms with E-state index >= 15 is 0 Å². The van der Waals surface area contributed by atoms with Crippen molar-refractivity contribution >= 4 is 27.3 Å². The lowest BCUT2D eigenvalue weighted by Crippen LogP contribution is -1.95. The Morgan fingerprint density at radius 1 is 1.36 bits per heavy atom. The third-order valence-corrected chi connectivity index (χ3v) is 2.77. The van der Waals surface area contributed by atoms with E-state index in [0.717, 1.165) is 21.6 Å². The number of aromatic nitrogens is 3. The Morgan fingerprint density at radius 3 is 2.93 bits per heavy atom. The van der Waals surface area contributed by atoms with Crippen molar-refractivity contribution in [3.63, 3.8) is 0 Å². The molecule has 0 bridgehead atoms. The zero-order valence-corrected chi connectivity index (χ0v) is 8.77. The van der Waals surface area contributed by atoms with Crippen LogP contribution < -0.4 is 0 Å². The molecular weight excluding hydrogens is 242 g/mol. The predicted octanol–water partition coefficient (Wildman–Crippen LogP) is 2.45. The van der Waals surface area contributed by atoms with Crippen molar-refractivity contribution in [1.82, 2.24) is 14.4 Å². The number of nitrogens with zero attached hydrogens (tertiary/aromatic N) is 3. The van der Waals surface area contributed by atoms with Crippen molar-refractivity contribution in [2.45, 2.75) is 0 Å². The van der Waals surface area contributed by atoms with Gasteiger partial charge in [-0.2, -0.15) is 0 Å². The first-order valence-corrected chi connectivity index (χ1v) is 5.02. The lowest BCUT2D eigenvalue weighted by atomic mass is 10.1. The van der Waals surface area contributed by atoms with E-state index < -0.39 is 0 Å². The van der Waals surface area contributed by atoms with Crippen LogP contribution in [0.5, 0.6) is 0 Å². The van der Waals surface area contributed by atoms with Gasteiger partial charge in [0.15, 0.2) is 0 Å². The van der Waals surface area contributed by atoms with E-state index in [1.165, 1.54) is 0 Å². The van der Waals surface area contributed by atoms with Gasteiger partial charge in [-0.25, -0.2) is 9.97 Å². The fourth-order valence-electron chi connectivity index (χ4n) is 1.37. The molecule has 2 aromatic heterocycles. The molecule has 3 rings (SSSR count). The minimum atomic E-state index is 0.718. The molecule has 14 heavy (non-hydrogen) atoms. The molecule has 0 aliphatic heterocycles. The van der Waals surface area contributed by atoms with E-state index in [-0.39, 0.29) is 0 Å². The summed E-state index contributed by atoms with van der Waals surface area (Å²) >= 11 is 3.39. The molecule has 1 aliphatic carbocycles. The first-order valence-electron chi connectivity index (χ1n) is 4.23. The van der Waals surface area contributed by atoms with Gasteiger partial charge in [0.2, 0.25) is 5.78 Å². The zero-order valence-electron chi connectivity index (χ0n) is 7.18. The molecule has 4 heteroatoms. The monoisotopic (exact) mass is 247 g/mol. The molecule has 0 N–H and O–H groups in total. The summed E-state index contributed by atoms with van der Waals surface area (Å²) in [5.41, 5.74) is 2.13. The minimum Gasteiger partial charge on any atom is -0.278 e. The number of fused-ring (bicyclic) bond motifs is 1. The van der Waals surface area contributed by atoms with Gasteiger partial charge < -0.3 is 0 Å². The van der Waals surface area contributed by atoms with Gasteiger partial charge in [0.1, 0.15) is 4.60 Å². The average molecular weight is 248 g/mol. The summed E-state index contributed by atoms with van der Waals surface area (Å²) in [6, 6.07) is 1.98. The molecular formula is C10H6BrN3. The zero-order chi connectivity index (χ0) is 9.54. The maximum Gasteiger partial charge on any atom is 0.235 e. The standard InChI is InChI=1S/C10H6BrN3/c11-9-6-12-10-13-8(4-5-14(9)10)7-2-1-3-7/h1-6H. The molecule has 0 aromatic carbocycles. The average Bonchev–Trinajstić information content (AvgIpc) is 2.45. The minimum absolute atomic E-state index is 0.718. The van der Waals surface area contributed by atoms with Crippen molar-refractivity contribution in [2.24, 2.45) is 0 Å². The molecule has 3 nitrogen and oxygen atoms in total. The number of rotatable bonds is 1. The summed E-state index contributed by atoms with van der Waals surface area (Å²) in [5, 5.41) is 0. The third kappa shape index (κ3) is 1.04. The Morgan fingerprint density at radius 2 is 2.21 bits per heavy atom. The summed E-state index contributed by atoms with van der Waals surface area (Å²) in [6.45, 7) is 0. The van der Waals surface area contributed by atoms with Gasteiger partial charge in [-0.05, 0) is 22.0 Å². The molecule has 0 unspecified atom stereocenters. The topological polar surface area (TPSA) is 30.2 Å². The lowest BCUT2D eigenvalue weighted by molar-refractivity contribution is 1.08. The molecule has 1 aliphatic rings. The van der Waals surface area contributed by atoms with Crippen LogP contribution in [0.4, 0.5) is 0 Å². The maximum absolute atomic E-state index is 4.42. The van der Waals surface area contributed by atoms with Crippen LogP contribution in [0.2, 0.25) is 0 Å². The molecule has 0 fully saturated rings. The van der Waals surface area contributed by atoms with Crippen molar-refractivity contribution in [2.75, 3.05) is 0 Å². The molecule has 0 atom stereocenters. The predicted molar refractivity (Wildman–Crippen MR) is 57.8 cm³/mol. The largest absolute Gasteiger partial charge is 0.278 e. The highest BCUT2D eigenvalue weighted by atomic mass is 79.9. The molecule has 0 amide bonds. The Bertz CT molecular complexity index is 566. The number of hydrogen-bond donors (Lipinski definition) is 0. The molecule has 2 aromatic rings. The Hall–Kier alpha value is -1.42. The molecule has 68 valence electrons. The van der Waals surface area contributed by atoms with Gasteiger partial charge in [-0.15, -0.1) is 0 Å². The second kappa shape index (κ2) is 2.78. The van der Waals surface area contributed by atoms with Crippen molar-refractivity contribution in [3.05, 3.63) is 47.0 Å². The second-order valence-electron chi connectivity index (χ2n) is 3.04. The molecule has 0 saturated carbocycles. The summed E-state index contributed by atoms with van der Waals surface area (Å²) in [5.74, 6) is 0.718. The van der Waals surface area contributed by atoms with E-state index in [2.05, 4.69) is 25.9 Å². The van der Waals surface area contributed by atoms with Crippen LogP contribution in [0.3, 0.4) is 0 Å². The van der Waals surface area contributed by atoms with Gasteiger partial charge in [0.25, 0.3) is 0 Å². The van der Waals surface area contributed by atoms with Gasteiger partial charge in [0.05, 0.1) is 11.9 Å². The normalized spacial score (nSPS) is 14.2. The molecule has 0 radical (unpaired) electrons. The highest BCUT2D eigenvalue weighted by Gasteiger charge is 2.06. The van der Waals surface area contributed by atoms with E-state index in [9.17, 15) is 0 Å². The third-order valence-electron chi connectivity index (χ3n) is 2.18. The Labute approximate surface area is 88.9 Å². The number of hydrogen-bond acceptors (Lipinski definition) is 2. The lowest BCUT2D eigenvalue weighted by Gasteiger charge is -2.06. The van der Waals surface area contributed by atoms with E-state index in [0.29, 0.717) is 0 Å². The smallest absolute Gasteiger partial charge is 0.235 e. The quantitative estimate of drug-likeness (QED) is 0.775. The van der Waals surface area contributed by atoms with Crippen LogP contribution in [-0.4, -0.2) is 14.4 Å². The van der Waals surface area contributed by atoms with Crippen LogP contribution in [-0.2, 0) is 0 Å². The van der Waals surface area contributed by atoms with Crippen LogP contribution in [0.1, 0.15) is 5.69 Å². The molecule has 0 saturated heterocycles. The number of allylic oxidation sites excluding steroid dienone is 4. The first kappa shape index (κ1) is 7.94. The molecule has 0 spiro atoms. The van der Waals surface area contributed by atoms with Gasteiger partial charge in [-0.1, -0.05) is 18.2 Å². The summed E-state index contributed by atoms with van der Waals surface area (Å²) in [7, 11) is 0. The van der Waals surface area contributed by atoms with E-state index in [4.69, 9.17) is 0 Å². The number of halogens is 1. The van der Waals surface area contributed by atoms with E-state index in [1.54, 1.807) is 6.20 Å². The van der Waals surface area contributed by atoms with Crippen LogP contribution >= 0.6 is 15.9 Å². The van der Waals surface area contributed by atoms with Gasteiger partial charge in [0, 0.05) is 11.8 Å². The number of imidazole rings is 1. The maximum atomic E-state index is 4.42. The van der Waals surface area contributed by atoms with Crippen LogP contribution in [0.25, 0.3) is 11.4 Å². The van der Waals surface area contributed by atoms with Crippen molar-refractivity contribution in [1.29, 1.82) is 0 Å². The summed E-state index contributed by atoms with van der Waals surface area (Å²) in [4.78, 5) is 8.59. The summed E-state index contributed by atoms with van der Waals surface area (Å²) in [6.07, 6.45) is 9.79. The Balaban J connectivity index is 2.20. The fourth-order valence-corrected chi connectivity index (χ4v) is 1.74. The fraction of sp³-hybridized carbons (Fsp3) is 0. The van der Waals surface area contributed by atoms with Gasteiger partial charge >= 0.3 is 0 Å². The summed E-state index contributed by atoms with van der Waals surface area (Å²) < 4.78 is 2.82. The second-order valence-corrected chi connectivity index (χ2v) is 3.86. The molecule has 2 heterocycles. The Kier molecular flexibility index (Phi) is 1.58. The van der Waals surface area contributed by atoms with Crippen LogP contribution in [0.15, 0.2) is 41.3 Å². The first-order chi connectivity index (χ1) is 6.84. The van der Waals surface area contributed by atoms with E-state index in [1.807, 2.05) is 34.9 Å². The van der Waals surface area contributed by atoms with Gasteiger partial charge in [-0.3, -0.25) is 4.40 Å². The SMILES string of the molecule is Brc1cnc2nc(C3=CC=C3)ccn12.